The van der Waals surface area contributed by atoms with E-state index in [-0.39, 0.29) is 5.56 Å². The molecule has 0 aliphatic carbocycles. The number of benzene rings is 1. The number of alkyl halides is 4. The molecule has 1 atom stereocenters. The zero-order valence-electron chi connectivity index (χ0n) is 8.40. The first-order valence-corrected chi connectivity index (χ1v) is 5.44. The van der Waals surface area contributed by atoms with Gasteiger partial charge < -0.3 is 4.74 Å². The van der Waals surface area contributed by atoms with E-state index in [4.69, 9.17) is 0 Å². The summed E-state index contributed by atoms with van der Waals surface area (Å²) in [6, 6.07) is 2.74. The lowest BCUT2D eigenvalue weighted by molar-refractivity contribution is -0.173. The Hall–Kier alpha value is -0.690. The molecule has 17 heavy (non-hydrogen) atoms. The minimum absolute atomic E-state index is 0.0767. The molecular weight excluding hydrogens is 311 g/mol. The summed E-state index contributed by atoms with van der Waals surface area (Å²) in [5.74, 6) is -1.37. The van der Waals surface area contributed by atoms with Gasteiger partial charge in [-0.15, -0.1) is 0 Å². The Kier molecular flexibility index (Phi) is 4.88. The van der Waals surface area contributed by atoms with Crippen LogP contribution >= 0.6 is 15.9 Å². The van der Waals surface area contributed by atoms with Crippen molar-refractivity contribution in [3.8, 4) is 0 Å². The van der Waals surface area contributed by atoms with Gasteiger partial charge in [0, 0.05) is 5.56 Å². The monoisotopic (exact) mass is 318 g/mol. The van der Waals surface area contributed by atoms with Crippen LogP contribution in [0.25, 0.3) is 0 Å². The van der Waals surface area contributed by atoms with E-state index >= 15 is 0 Å². The van der Waals surface area contributed by atoms with Gasteiger partial charge in [0.1, 0.15) is 18.2 Å². The van der Waals surface area contributed by atoms with Crippen molar-refractivity contribution in [1.82, 2.24) is 0 Å². The lowest BCUT2D eigenvalue weighted by atomic mass is 10.1. The molecule has 0 fully saturated rings. The summed E-state index contributed by atoms with van der Waals surface area (Å²) < 4.78 is 65.7. The highest BCUT2D eigenvalue weighted by Gasteiger charge is 2.28. The lowest BCUT2D eigenvalue weighted by Crippen LogP contribution is -2.18. The average Bonchev–Trinajstić information content (AvgIpc) is 2.19. The second kappa shape index (κ2) is 5.77. The minimum Gasteiger partial charge on any atom is -0.371 e. The van der Waals surface area contributed by atoms with Crippen LogP contribution in [0.4, 0.5) is 22.0 Å². The number of hydrogen-bond donors (Lipinski definition) is 0. The maximum absolute atomic E-state index is 13.2. The third-order valence-corrected chi connectivity index (χ3v) is 2.58. The molecule has 0 saturated carbocycles. The van der Waals surface area contributed by atoms with Gasteiger partial charge in [0.25, 0.3) is 0 Å². The Morgan fingerprint density at radius 2 is 1.88 bits per heavy atom. The average molecular weight is 319 g/mol. The molecule has 0 aromatic heterocycles. The van der Waals surface area contributed by atoms with Crippen LogP contribution in [0.2, 0.25) is 0 Å². The molecule has 1 rings (SSSR count). The van der Waals surface area contributed by atoms with E-state index < -0.39 is 35.9 Å². The van der Waals surface area contributed by atoms with Crippen LogP contribution in [-0.4, -0.2) is 19.4 Å². The van der Waals surface area contributed by atoms with Crippen LogP contribution in [0.15, 0.2) is 18.2 Å². The number of halogens is 6. The zero-order chi connectivity index (χ0) is 13.1. The van der Waals surface area contributed by atoms with E-state index in [1.165, 1.54) is 0 Å². The molecule has 0 radical (unpaired) electrons. The Bertz CT molecular complexity index is 379. The molecule has 0 heterocycles. The van der Waals surface area contributed by atoms with Gasteiger partial charge >= 0.3 is 6.18 Å². The van der Waals surface area contributed by atoms with Crippen molar-refractivity contribution in [2.75, 3.05) is 13.2 Å². The molecule has 0 bridgehead atoms. The molecule has 0 amide bonds. The van der Waals surface area contributed by atoms with Crippen LogP contribution in [-0.2, 0) is 4.74 Å². The van der Waals surface area contributed by atoms with Crippen LogP contribution < -0.4 is 0 Å². The van der Waals surface area contributed by atoms with Gasteiger partial charge in [0.15, 0.2) is 0 Å². The molecular formula is C10H8BrF5O. The quantitative estimate of drug-likeness (QED) is 0.602. The van der Waals surface area contributed by atoms with E-state index in [1.54, 1.807) is 0 Å². The summed E-state index contributed by atoms with van der Waals surface area (Å²) in [5.41, 5.74) is -0.0767. The second-order valence-corrected chi connectivity index (χ2v) is 4.37. The molecule has 0 aliphatic rings. The van der Waals surface area contributed by atoms with Gasteiger partial charge in [-0.05, 0) is 18.2 Å². The first-order chi connectivity index (χ1) is 7.79. The highest BCUT2D eigenvalue weighted by molar-refractivity contribution is 9.09. The van der Waals surface area contributed by atoms with E-state index in [1.807, 2.05) is 0 Å². The molecule has 96 valence electrons. The summed E-state index contributed by atoms with van der Waals surface area (Å²) in [6.45, 7) is -1.83. The second-order valence-electron chi connectivity index (χ2n) is 3.26. The Morgan fingerprint density at radius 3 is 2.47 bits per heavy atom. The van der Waals surface area contributed by atoms with Crippen LogP contribution in [0.3, 0.4) is 0 Å². The van der Waals surface area contributed by atoms with Crippen LogP contribution in [0.5, 0.6) is 0 Å². The largest absolute Gasteiger partial charge is 0.411 e. The van der Waals surface area contributed by atoms with Gasteiger partial charge in [-0.25, -0.2) is 8.78 Å². The fraction of sp³-hybridized carbons (Fsp3) is 0.400. The molecule has 1 nitrogen and oxygen atoms in total. The van der Waals surface area contributed by atoms with Crippen molar-refractivity contribution in [3.63, 3.8) is 0 Å². The Labute approximate surface area is 103 Å². The molecule has 1 aromatic rings. The summed E-state index contributed by atoms with van der Waals surface area (Å²) >= 11 is 2.94. The predicted molar refractivity (Wildman–Crippen MR) is 54.9 cm³/mol. The summed E-state index contributed by atoms with van der Waals surface area (Å²) in [5, 5.41) is 0. The van der Waals surface area contributed by atoms with Crippen LogP contribution in [0, 0.1) is 11.6 Å². The van der Waals surface area contributed by atoms with Crippen molar-refractivity contribution >= 4 is 15.9 Å². The third kappa shape index (κ3) is 4.99. The highest BCUT2D eigenvalue weighted by Crippen LogP contribution is 2.27. The fourth-order valence-corrected chi connectivity index (χ4v) is 1.66. The van der Waals surface area contributed by atoms with E-state index in [0.717, 1.165) is 18.2 Å². The number of rotatable bonds is 4. The van der Waals surface area contributed by atoms with Gasteiger partial charge in [-0.2, -0.15) is 13.2 Å². The Balaban J connectivity index is 2.58. The van der Waals surface area contributed by atoms with Crippen molar-refractivity contribution in [2.45, 2.75) is 11.0 Å². The van der Waals surface area contributed by atoms with E-state index in [0.29, 0.717) is 0 Å². The van der Waals surface area contributed by atoms with Gasteiger partial charge in [-0.1, -0.05) is 15.9 Å². The molecule has 1 aromatic carbocycles. The SMILES string of the molecule is Fc1ccc(F)c(C(Br)COCC(F)(F)F)c1. The van der Waals surface area contributed by atoms with Crippen molar-refractivity contribution in [2.24, 2.45) is 0 Å². The van der Waals surface area contributed by atoms with E-state index in [2.05, 4.69) is 20.7 Å². The van der Waals surface area contributed by atoms with Crippen LogP contribution in [0.1, 0.15) is 10.4 Å². The first kappa shape index (κ1) is 14.4. The standard InChI is InChI=1S/C10H8BrF5O/c11-8(4-17-5-10(14,15)16)7-3-6(12)1-2-9(7)13/h1-3,8H,4-5H2. The predicted octanol–water partition coefficient (Wildman–Crippen LogP) is 3.98. The topological polar surface area (TPSA) is 9.23 Å². The van der Waals surface area contributed by atoms with Gasteiger partial charge in [0.05, 0.1) is 11.4 Å². The third-order valence-electron chi connectivity index (χ3n) is 1.83. The molecule has 0 spiro atoms. The van der Waals surface area contributed by atoms with Gasteiger partial charge in [0.2, 0.25) is 0 Å². The fourth-order valence-electron chi connectivity index (χ4n) is 1.12. The normalized spacial score (nSPS) is 13.8. The summed E-state index contributed by atoms with van der Waals surface area (Å²) in [6.07, 6.45) is -4.44. The zero-order valence-corrected chi connectivity index (χ0v) is 9.99. The summed E-state index contributed by atoms with van der Waals surface area (Å²) in [7, 11) is 0. The smallest absolute Gasteiger partial charge is 0.371 e. The maximum Gasteiger partial charge on any atom is 0.411 e. The van der Waals surface area contributed by atoms with Crippen molar-refractivity contribution in [3.05, 3.63) is 35.4 Å². The summed E-state index contributed by atoms with van der Waals surface area (Å²) in [4.78, 5) is -0.833. The molecule has 7 heteroatoms. The van der Waals surface area contributed by atoms with Crippen molar-refractivity contribution in [1.29, 1.82) is 0 Å². The highest BCUT2D eigenvalue weighted by atomic mass is 79.9. The molecule has 1 unspecified atom stereocenters. The molecule has 0 N–H and O–H groups in total. The van der Waals surface area contributed by atoms with Crippen molar-refractivity contribution < 1.29 is 26.7 Å². The maximum atomic E-state index is 13.2. The van der Waals surface area contributed by atoms with Gasteiger partial charge in [-0.3, -0.25) is 0 Å². The Morgan fingerprint density at radius 1 is 1.24 bits per heavy atom. The number of ether oxygens (including phenoxy) is 1. The first-order valence-electron chi connectivity index (χ1n) is 4.53. The molecule has 0 saturated heterocycles. The van der Waals surface area contributed by atoms with E-state index in [9.17, 15) is 22.0 Å². The lowest BCUT2D eigenvalue weighted by Gasteiger charge is -2.13. The number of hydrogen-bond acceptors (Lipinski definition) is 1. The molecule has 0 aliphatic heterocycles. The minimum atomic E-state index is -4.44.